The molecule has 0 bridgehead atoms. The van der Waals surface area contributed by atoms with E-state index in [1.165, 1.54) is 16.2 Å². The molecule has 1 atom stereocenters. The van der Waals surface area contributed by atoms with E-state index in [1.54, 1.807) is 14.0 Å². The van der Waals surface area contributed by atoms with E-state index in [0.717, 1.165) is 5.56 Å². The molecule has 0 fully saturated rings. The third kappa shape index (κ3) is 1.94. The summed E-state index contributed by atoms with van der Waals surface area (Å²) in [5, 5.41) is 12.4. The molecule has 14 heavy (non-hydrogen) atoms. The predicted octanol–water partition coefficient (Wildman–Crippen LogP) is 2.04. The molecule has 0 saturated carbocycles. The summed E-state index contributed by atoms with van der Waals surface area (Å²) in [7, 11) is 1.65. The predicted molar refractivity (Wildman–Crippen MR) is 56.2 cm³/mol. The highest BCUT2D eigenvalue weighted by Crippen LogP contribution is 2.16. The minimum atomic E-state index is -0.387. The van der Waals surface area contributed by atoms with Crippen LogP contribution in [0.5, 0.6) is 0 Å². The minimum absolute atomic E-state index is 0.0854. The van der Waals surface area contributed by atoms with Crippen molar-refractivity contribution in [3.8, 4) is 6.07 Å². The molecule has 0 aliphatic carbocycles. The average Bonchev–Trinajstić information content (AvgIpc) is 2.61. The summed E-state index contributed by atoms with van der Waals surface area (Å²) in [5.41, 5.74) is 1.66. The third-order valence-corrected chi connectivity index (χ3v) is 3.04. The molecule has 0 aliphatic heterocycles. The van der Waals surface area contributed by atoms with Gasteiger partial charge >= 0.3 is 0 Å². The van der Waals surface area contributed by atoms with E-state index >= 15 is 0 Å². The fourth-order valence-electron chi connectivity index (χ4n) is 1.03. The normalized spacial score (nSPS) is 11.9. The van der Waals surface area contributed by atoms with Crippen molar-refractivity contribution in [3.63, 3.8) is 0 Å². The van der Waals surface area contributed by atoms with Crippen molar-refractivity contribution < 1.29 is 4.79 Å². The molecular weight excluding hydrogens is 196 g/mol. The van der Waals surface area contributed by atoms with Gasteiger partial charge in [0.05, 0.1) is 11.6 Å². The summed E-state index contributed by atoms with van der Waals surface area (Å²) >= 11 is 1.50. The summed E-state index contributed by atoms with van der Waals surface area (Å²) in [6.07, 6.45) is 0. The number of hydrogen-bond acceptors (Lipinski definition) is 3. The minimum Gasteiger partial charge on any atom is -0.326 e. The molecule has 1 aromatic heterocycles. The lowest BCUT2D eigenvalue weighted by molar-refractivity contribution is 0.0773. The Morgan fingerprint density at radius 1 is 1.64 bits per heavy atom. The largest absolute Gasteiger partial charge is 0.326 e. The summed E-state index contributed by atoms with van der Waals surface area (Å²) in [4.78, 5) is 13.3. The standard InChI is InChI=1S/C10H12N2OS/c1-7-5-14-6-9(7)10(13)12(3)8(2)4-11/h5-6,8H,1-3H3. The van der Waals surface area contributed by atoms with Gasteiger partial charge in [-0.05, 0) is 24.8 Å². The van der Waals surface area contributed by atoms with Crippen LogP contribution in [0.2, 0.25) is 0 Å². The third-order valence-electron chi connectivity index (χ3n) is 2.17. The number of amides is 1. The van der Waals surface area contributed by atoms with Crippen molar-refractivity contribution in [2.45, 2.75) is 19.9 Å². The van der Waals surface area contributed by atoms with Crippen molar-refractivity contribution in [3.05, 3.63) is 21.9 Å². The van der Waals surface area contributed by atoms with E-state index in [9.17, 15) is 4.79 Å². The second kappa shape index (κ2) is 4.25. The van der Waals surface area contributed by atoms with Crippen LogP contribution in [0.15, 0.2) is 10.8 Å². The van der Waals surface area contributed by atoms with Crippen LogP contribution in [0, 0.1) is 18.3 Å². The highest BCUT2D eigenvalue weighted by Gasteiger charge is 2.18. The van der Waals surface area contributed by atoms with Crippen molar-refractivity contribution in [2.75, 3.05) is 7.05 Å². The molecule has 1 rings (SSSR count). The molecular formula is C10H12N2OS. The zero-order chi connectivity index (χ0) is 10.7. The van der Waals surface area contributed by atoms with Crippen molar-refractivity contribution in [2.24, 2.45) is 0 Å². The van der Waals surface area contributed by atoms with Crippen LogP contribution in [-0.2, 0) is 0 Å². The second-order valence-electron chi connectivity index (χ2n) is 3.19. The molecule has 1 heterocycles. The van der Waals surface area contributed by atoms with Gasteiger partial charge in [0.1, 0.15) is 6.04 Å². The van der Waals surface area contributed by atoms with Gasteiger partial charge in [0, 0.05) is 12.4 Å². The monoisotopic (exact) mass is 208 g/mol. The van der Waals surface area contributed by atoms with Gasteiger partial charge in [0.25, 0.3) is 5.91 Å². The molecule has 3 nitrogen and oxygen atoms in total. The fraction of sp³-hybridized carbons (Fsp3) is 0.400. The Balaban J connectivity index is 2.87. The van der Waals surface area contributed by atoms with Crippen LogP contribution in [0.25, 0.3) is 0 Å². The van der Waals surface area contributed by atoms with Crippen LogP contribution < -0.4 is 0 Å². The lowest BCUT2D eigenvalue weighted by Crippen LogP contribution is -2.34. The van der Waals surface area contributed by atoms with Crippen LogP contribution in [0.1, 0.15) is 22.8 Å². The first-order chi connectivity index (χ1) is 6.57. The molecule has 4 heteroatoms. The van der Waals surface area contributed by atoms with Gasteiger partial charge in [0.2, 0.25) is 0 Å². The summed E-state index contributed by atoms with van der Waals surface area (Å²) < 4.78 is 0. The molecule has 0 aromatic carbocycles. The SMILES string of the molecule is Cc1cscc1C(=O)N(C)C(C)C#N. The number of rotatable bonds is 2. The Morgan fingerprint density at radius 3 is 2.71 bits per heavy atom. The van der Waals surface area contributed by atoms with Gasteiger partial charge in [-0.3, -0.25) is 4.79 Å². The zero-order valence-corrected chi connectivity index (χ0v) is 9.26. The van der Waals surface area contributed by atoms with E-state index in [-0.39, 0.29) is 11.9 Å². The summed E-state index contributed by atoms with van der Waals surface area (Å²) in [6, 6.07) is 1.65. The first kappa shape index (κ1) is 10.7. The highest BCUT2D eigenvalue weighted by atomic mass is 32.1. The van der Waals surface area contributed by atoms with Gasteiger partial charge in [-0.2, -0.15) is 16.6 Å². The van der Waals surface area contributed by atoms with Crippen LogP contribution in [0.4, 0.5) is 0 Å². The number of hydrogen-bond donors (Lipinski definition) is 0. The van der Waals surface area contributed by atoms with Crippen molar-refractivity contribution in [1.29, 1.82) is 5.26 Å². The average molecular weight is 208 g/mol. The number of thiophene rings is 1. The van der Waals surface area contributed by atoms with Gasteiger partial charge in [0.15, 0.2) is 0 Å². The first-order valence-corrected chi connectivity index (χ1v) is 5.21. The number of nitriles is 1. The number of carbonyl (C=O) groups is 1. The zero-order valence-electron chi connectivity index (χ0n) is 8.44. The van der Waals surface area contributed by atoms with Crippen LogP contribution >= 0.6 is 11.3 Å². The Morgan fingerprint density at radius 2 is 2.29 bits per heavy atom. The van der Waals surface area contributed by atoms with Gasteiger partial charge in [-0.25, -0.2) is 0 Å². The highest BCUT2D eigenvalue weighted by molar-refractivity contribution is 7.08. The number of aryl methyl sites for hydroxylation is 1. The maximum absolute atomic E-state index is 11.8. The Bertz CT molecular complexity index is 378. The lowest BCUT2D eigenvalue weighted by Gasteiger charge is -2.19. The maximum Gasteiger partial charge on any atom is 0.255 e. The van der Waals surface area contributed by atoms with Crippen LogP contribution in [0.3, 0.4) is 0 Å². The topological polar surface area (TPSA) is 44.1 Å². The lowest BCUT2D eigenvalue weighted by atomic mass is 10.2. The molecule has 0 N–H and O–H groups in total. The number of nitrogens with zero attached hydrogens (tertiary/aromatic N) is 2. The smallest absolute Gasteiger partial charge is 0.255 e. The maximum atomic E-state index is 11.8. The molecule has 0 spiro atoms. The molecule has 74 valence electrons. The quantitative estimate of drug-likeness (QED) is 0.746. The van der Waals surface area contributed by atoms with Gasteiger partial charge < -0.3 is 4.90 Å². The van der Waals surface area contributed by atoms with E-state index in [2.05, 4.69) is 0 Å². The molecule has 0 saturated heterocycles. The van der Waals surface area contributed by atoms with Crippen molar-refractivity contribution in [1.82, 2.24) is 4.90 Å². The summed E-state index contributed by atoms with van der Waals surface area (Å²) in [6.45, 7) is 3.61. The van der Waals surface area contributed by atoms with E-state index in [1.807, 2.05) is 23.8 Å². The van der Waals surface area contributed by atoms with Crippen LogP contribution in [-0.4, -0.2) is 23.9 Å². The van der Waals surface area contributed by atoms with E-state index < -0.39 is 0 Å². The second-order valence-corrected chi connectivity index (χ2v) is 3.93. The van der Waals surface area contributed by atoms with Gasteiger partial charge in [-0.15, -0.1) is 0 Å². The number of carbonyl (C=O) groups excluding carboxylic acids is 1. The molecule has 1 amide bonds. The summed E-state index contributed by atoms with van der Waals surface area (Å²) in [5.74, 6) is -0.0854. The van der Waals surface area contributed by atoms with E-state index in [4.69, 9.17) is 5.26 Å². The molecule has 0 radical (unpaired) electrons. The first-order valence-electron chi connectivity index (χ1n) is 4.27. The Kier molecular flexibility index (Phi) is 3.26. The Hall–Kier alpha value is -1.34. The van der Waals surface area contributed by atoms with Crippen molar-refractivity contribution >= 4 is 17.2 Å². The van der Waals surface area contributed by atoms with E-state index in [0.29, 0.717) is 5.56 Å². The fourth-order valence-corrected chi connectivity index (χ4v) is 1.85. The Labute approximate surface area is 87.6 Å². The molecule has 0 aliphatic rings. The van der Waals surface area contributed by atoms with Gasteiger partial charge in [-0.1, -0.05) is 0 Å². The molecule has 1 unspecified atom stereocenters. The molecule has 1 aromatic rings.